The van der Waals surface area contributed by atoms with Crippen molar-refractivity contribution < 1.29 is 0 Å². The number of hydrogen-bond donors (Lipinski definition) is 1. The molecule has 15 heavy (non-hydrogen) atoms. The van der Waals surface area contributed by atoms with E-state index in [1.165, 1.54) is 0 Å². The van der Waals surface area contributed by atoms with Gasteiger partial charge in [0.2, 0.25) is 0 Å². The first-order valence-electron chi connectivity index (χ1n) is 4.60. The maximum atomic E-state index is 5.79. The standard InChI is InChI=1S/C10H11ClN4/c1-7(12)10-6-15(14-13-10)9-4-2-8(11)3-5-9/h2-7H,12H2,1H3/t7-/m0/s1. The SMILES string of the molecule is C[C@H](N)c1cn(-c2ccc(Cl)cc2)nn1. The van der Waals surface area contributed by atoms with E-state index >= 15 is 0 Å². The zero-order chi connectivity index (χ0) is 10.8. The lowest BCUT2D eigenvalue weighted by Gasteiger charge is -1.99. The van der Waals surface area contributed by atoms with Crippen LogP contribution in [0.3, 0.4) is 0 Å². The van der Waals surface area contributed by atoms with Crippen molar-refractivity contribution in [1.29, 1.82) is 0 Å². The molecule has 78 valence electrons. The molecule has 0 spiro atoms. The van der Waals surface area contributed by atoms with E-state index in [-0.39, 0.29) is 6.04 Å². The number of aromatic nitrogens is 3. The maximum absolute atomic E-state index is 5.79. The summed E-state index contributed by atoms with van der Waals surface area (Å²) >= 11 is 5.79. The minimum absolute atomic E-state index is 0.106. The van der Waals surface area contributed by atoms with Crippen molar-refractivity contribution in [2.45, 2.75) is 13.0 Å². The third-order valence-electron chi connectivity index (χ3n) is 2.07. The largest absolute Gasteiger partial charge is 0.323 e. The lowest BCUT2D eigenvalue weighted by molar-refractivity contribution is 0.756. The van der Waals surface area contributed by atoms with Gasteiger partial charge in [-0.3, -0.25) is 0 Å². The van der Waals surface area contributed by atoms with Gasteiger partial charge in [0, 0.05) is 11.1 Å². The molecule has 5 heteroatoms. The molecule has 1 aromatic heterocycles. The molecule has 0 amide bonds. The van der Waals surface area contributed by atoms with Crippen molar-refractivity contribution in [3.63, 3.8) is 0 Å². The average molecular weight is 223 g/mol. The van der Waals surface area contributed by atoms with Gasteiger partial charge in [0.05, 0.1) is 17.6 Å². The molecule has 1 heterocycles. The van der Waals surface area contributed by atoms with Crippen LogP contribution in [0, 0.1) is 0 Å². The second-order valence-corrected chi connectivity index (χ2v) is 3.79. The first kappa shape index (κ1) is 10.1. The summed E-state index contributed by atoms with van der Waals surface area (Å²) in [5, 5.41) is 8.65. The molecule has 1 atom stereocenters. The number of hydrogen-bond acceptors (Lipinski definition) is 3. The fourth-order valence-corrected chi connectivity index (χ4v) is 1.33. The highest BCUT2D eigenvalue weighted by Crippen LogP contribution is 2.13. The van der Waals surface area contributed by atoms with Gasteiger partial charge in [0.1, 0.15) is 0 Å². The molecule has 0 aliphatic heterocycles. The van der Waals surface area contributed by atoms with Crippen molar-refractivity contribution in [2.75, 3.05) is 0 Å². The van der Waals surface area contributed by atoms with E-state index in [0.717, 1.165) is 11.4 Å². The molecule has 0 bridgehead atoms. The molecule has 0 fully saturated rings. The summed E-state index contributed by atoms with van der Waals surface area (Å²) in [5.41, 5.74) is 7.38. The minimum Gasteiger partial charge on any atom is -0.323 e. The van der Waals surface area contributed by atoms with Crippen molar-refractivity contribution in [3.8, 4) is 5.69 Å². The fourth-order valence-electron chi connectivity index (χ4n) is 1.21. The Bertz CT molecular complexity index is 447. The highest BCUT2D eigenvalue weighted by Gasteiger charge is 2.05. The monoisotopic (exact) mass is 222 g/mol. The molecule has 0 aliphatic rings. The summed E-state index contributed by atoms with van der Waals surface area (Å²) in [6.07, 6.45) is 1.81. The third kappa shape index (κ3) is 2.16. The van der Waals surface area contributed by atoms with Gasteiger partial charge in [-0.05, 0) is 31.2 Å². The molecule has 0 unspecified atom stereocenters. The molecule has 4 nitrogen and oxygen atoms in total. The van der Waals surface area contributed by atoms with Crippen LogP contribution in [0.15, 0.2) is 30.5 Å². The van der Waals surface area contributed by atoms with Crippen molar-refractivity contribution in [1.82, 2.24) is 15.0 Å². The quantitative estimate of drug-likeness (QED) is 0.845. The van der Waals surface area contributed by atoms with Crippen molar-refractivity contribution in [2.24, 2.45) is 5.73 Å². The predicted molar refractivity (Wildman–Crippen MR) is 59.0 cm³/mol. The first-order chi connectivity index (χ1) is 7.16. The molecular formula is C10H11ClN4. The van der Waals surface area contributed by atoms with E-state index < -0.39 is 0 Å². The Balaban J connectivity index is 2.33. The molecule has 0 radical (unpaired) electrons. The molecule has 0 aliphatic carbocycles. The third-order valence-corrected chi connectivity index (χ3v) is 2.32. The number of nitrogens with zero attached hydrogens (tertiary/aromatic N) is 3. The van der Waals surface area contributed by atoms with Crippen molar-refractivity contribution >= 4 is 11.6 Å². The Kier molecular flexibility index (Phi) is 2.70. The molecule has 2 aromatic rings. The highest BCUT2D eigenvalue weighted by molar-refractivity contribution is 6.30. The smallest absolute Gasteiger partial charge is 0.0995 e. The van der Waals surface area contributed by atoms with Crippen LogP contribution in [0.5, 0.6) is 0 Å². The van der Waals surface area contributed by atoms with Gasteiger partial charge in [-0.2, -0.15) is 0 Å². The van der Waals surface area contributed by atoms with Gasteiger partial charge in [-0.25, -0.2) is 4.68 Å². The Morgan fingerprint density at radius 1 is 1.33 bits per heavy atom. The van der Waals surface area contributed by atoms with Crippen LogP contribution in [-0.4, -0.2) is 15.0 Å². The van der Waals surface area contributed by atoms with Gasteiger partial charge in [-0.15, -0.1) is 5.10 Å². The van der Waals surface area contributed by atoms with Gasteiger partial charge in [0.25, 0.3) is 0 Å². The van der Waals surface area contributed by atoms with Crippen LogP contribution in [0.2, 0.25) is 5.02 Å². The van der Waals surface area contributed by atoms with Crippen molar-refractivity contribution in [3.05, 3.63) is 41.2 Å². The summed E-state index contributed by atoms with van der Waals surface area (Å²) in [5.74, 6) is 0. The number of rotatable bonds is 2. The first-order valence-corrected chi connectivity index (χ1v) is 4.98. The zero-order valence-electron chi connectivity index (χ0n) is 8.26. The second-order valence-electron chi connectivity index (χ2n) is 3.35. The molecule has 2 rings (SSSR count). The highest BCUT2D eigenvalue weighted by atomic mass is 35.5. The van der Waals surface area contributed by atoms with Crippen LogP contribution in [0.25, 0.3) is 5.69 Å². The van der Waals surface area contributed by atoms with E-state index in [1.807, 2.05) is 37.4 Å². The topological polar surface area (TPSA) is 56.7 Å². The Labute approximate surface area is 92.7 Å². The number of benzene rings is 1. The number of nitrogens with two attached hydrogens (primary N) is 1. The minimum atomic E-state index is -0.106. The van der Waals surface area contributed by atoms with Crippen LogP contribution in [-0.2, 0) is 0 Å². The van der Waals surface area contributed by atoms with Gasteiger partial charge >= 0.3 is 0 Å². The summed E-state index contributed by atoms with van der Waals surface area (Å²) < 4.78 is 1.68. The Morgan fingerprint density at radius 3 is 2.53 bits per heavy atom. The summed E-state index contributed by atoms with van der Waals surface area (Å²) in [6.45, 7) is 1.87. The maximum Gasteiger partial charge on any atom is 0.0995 e. The summed E-state index contributed by atoms with van der Waals surface area (Å²) in [4.78, 5) is 0. The van der Waals surface area contributed by atoms with E-state index in [9.17, 15) is 0 Å². The van der Waals surface area contributed by atoms with Crippen LogP contribution in [0.4, 0.5) is 0 Å². The van der Waals surface area contributed by atoms with E-state index in [4.69, 9.17) is 17.3 Å². The molecule has 0 saturated heterocycles. The fraction of sp³-hybridized carbons (Fsp3) is 0.200. The van der Waals surface area contributed by atoms with Crippen LogP contribution in [0.1, 0.15) is 18.7 Å². The second kappa shape index (κ2) is 4.00. The van der Waals surface area contributed by atoms with Gasteiger partial charge in [0.15, 0.2) is 0 Å². The average Bonchev–Trinajstić information content (AvgIpc) is 2.68. The van der Waals surface area contributed by atoms with Crippen LogP contribution >= 0.6 is 11.6 Å². The van der Waals surface area contributed by atoms with Gasteiger partial charge < -0.3 is 5.73 Å². The predicted octanol–water partition coefficient (Wildman–Crippen LogP) is 1.94. The summed E-state index contributed by atoms with van der Waals surface area (Å²) in [6, 6.07) is 7.27. The number of halogens is 1. The van der Waals surface area contributed by atoms with Crippen LogP contribution < -0.4 is 5.73 Å². The van der Waals surface area contributed by atoms with E-state index in [0.29, 0.717) is 5.02 Å². The normalized spacial score (nSPS) is 12.7. The lowest BCUT2D eigenvalue weighted by atomic mass is 10.3. The van der Waals surface area contributed by atoms with E-state index in [2.05, 4.69) is 10.3 Å². The summed E-state index contributed by atoms with van der Waals surface area (Å²) in [7, 11) is 0. The van der Waals surface area contributed by atoms with E-state index in [1.54, 1.807) is 4.68 Å². The lowest BCUT2D eigenvalue weighted by Crippen LogP contribution is -2.04. The molecule has 1 aromatic carbocycles. The zero-order valence-corrected chi connectivity index (χ0v) is 9.02. The van der Waals surface area contributed by atoms with Gasteiger partial charge in [-0.1, -0.05) is 16.8 Å². The molecule has 2 N–H and O–H groups in total. The Morgan fingerprint density at radius 2 is 2.00 bits per heavy atom. The Hall–Kier alpha value is -1.39. The molecule has 0 saturated carbocycles. The molecular weight excluding hydrogens is 212 g/mol.